The van der Waals surface area contributed by atoms with Crippen LogP contribution in [-0.4, -0.2) is 13.4 Å². The van der Waals surface area contributed by atoms with Crippen molar-refractivity contribution in [2.45, 2.75) is 6.61 Å². The van der Waals surface area contributed by atoms with Crippen LogP contribution in [0.2, 0.25) is 0 Å². The molecule has 1 aromatic heterocycles. The highest BCUT2D eigenvalue weighted by atomic mass is 79.9. The van der Waals surface area contributed by atoms with Gasteiger partial charge in [-0.3, -0.25) is 4.79 Å². The van der Waals surface area contributed by atoms with Crippen molar-refractivity contribution in [3.63, 3.8) is 0 Å². The van der Waals surface area contributed by atoms with Crippen LogP contribution in [0.5, 0.6) is 11.5 Å². The van der Waals surface area contributed by atoms with Crippen LogP contribution in [-0.2, 0) is 6.61 Å². The molecule has 0 amide bonds. The summed E-state index contributed by atoms with van der Waals surface area (Å²) in [5, 5.41) is 0. The van der Waals surface area contributed by atoms with Crippen molar-refractivity contribution in [1.29, 1.82) is 0 Å². The molecule has 0 fully saturated rings. The van der Waals surface area contributed by atoms with Gasteiger partial charge in [-0.1, -0.05) is 0 Å². The van der Waals surface area contributed by atoms with Crippen LogP contribution >= 0.6 is 43.2 Å². The lowest BCUT2D eigenvalue weighted by Gasteiger charge is -2.12. The summed E-state index contributed by atoms with van der Waals surface area (Å²) >= 11 is 8.41. The van der Waals surface area contributed by atoms with Crippen LogP contribution in [0.1, 0.15) is 15.2 Å². The fourth-order valence-corrected chi connectivity index (χ4v) is 3.49. The van der Waals surface area contributed by atoms with Crippen molar-refractivity contribution in [3.8, 4) is 11.5 Å². The van der Waals surface area contributed by atoms with Gasteiger partial charge in [0.15, 0.2) is 11.5 Å². The van der Waals surface area contributed by atoms with Crippen LogP contribution in [0.3, 0.4) is 0 Å². The van der Waals surface area contributed by atoms with Crippen LogP contribution in [0.15, 0.2) is 32.5 Å². The molecule has 0 unspecified atom stereocenters. The molecule has 100 valence electrons. The number of hydrogen-bond acceptors (Lipinski definition) is 4. The molecule has 1 heterocycles. The van der Waals surface area contributed by atoms with Gasteiger partial charge in [0.05, 0.1) is 15.4 Å². The lowest BCUT2D eigenvalue weighted by atomic mass is 10.2. The summed E-state index contributed by atoms with van der Waals surface area (Å²) in [5.41, 5.74) is 0.537. The second-order valence-electron chi connectivity index (χ2n) is 3.65. The molecule has 0 saturated heterocycles. The Hall–Kier alpha value is -0.850. The Kier molecular flexibility index (Phi) is 5.01. The molecule has 0 bridgehead atoms. The number of halogens is 2. The zero-order valence-corrected chi connectivity index (χ0v) is 14.0. The third-order valence-corrected chi connectivity index (χ3v) is 4.56. The summed E-state index contributed by atoms with van der Waals surface area (Å²) in [5.74, 6) is 1.13. The minimum absolute atomic E-state index is 0.450. The molecule has 0 spiro atoms. The summed E-state index contributed by atoms with van der Waals surface area (Å²) in [4.78, 5) is 11.9. The molecule has 2 rings (SSSR count). The van der Waals surface area contributed by atoms with E-state index in [1.54, 1.807) is 30.6 Å². The SMILES string of the molecule is COc1cc(C=O)cc(Br)c1OCc1ccc(Br)s1. The van der Waals surface area contributed by atoms with E-state index in [0.717, 1.165) is 14.9 Å². The zero-order chi connectivity index (χ0) is 13.8. The lowest BCUT2D eigenvalue weighted by Crippen LogP contribution is -1.98. The summed E-state index contributed by atoms with van der Waals surface area (Å²) in [6, 6.07) is 7.33. The van der Waals surface area contributed by atoms with Gasteiger partial charge in [0, 0.05) is 10.4 Å². The van der Waals surface area contributed by atoms with E-state index in [2.05, 4.69) is 31.9 Å². The number of benzene rings is 1. The van der Waals surface area contributed by atoms with E-state index in [1.807, 2.05) is 12.1 Å². The number of ether oxygens (including phenoxy) is 2. The highest BCUT2D eigenvalue weighted by Gasteiger charge is 2.12. The van der Waals surface area contributed by atoms with E-state index >= 15 is 0 Å². The first-order chi connectivity index (χ1) is 9.13. The molecular formula is C13H10Br2O3S. The smallest absolute Gasteiger partial charge is 0.175 e. The molecule has 0 aliphatic carbocycles. The van der Waals surface area contributed by atoms with Crippen molar-refractivity contribution in [1.82, 2.24) is 0 Å². The van der Waals surface area contributed by atoms with Crippen LogP contribution in [0, 0.1) is 0 Å². The summed E-state index contributed by atoms with van der Waals surface area (Å²) < 4.78 is 12.8. The van der Waals surface area contributed by atoms with E-state index in [9.17, 15) is 4.79 Å². The van der Waals surface area contributed by atoms with E-state index in [1.165, 1.54) is 0 Å². The van der Waals surface area contributed by atoms with E-state index in [-0.39, 0.29) is 0 Å². The summed E-state index contributed by atoms with van der Waals surface area (Å²) in [7, 11) is 1.55. The van der Waals surface area contributed by atoms with Gasteiger partial charge in [-0.15, -0.1) is 11.3 Å². The molecule has 19 heavy (non-hydrogen) atoms. The van der Waals surface area contributed by atoms with Gasteiger partial charge < -0.3 is 9.47 Å². The maximum Gasteiger partial charge on any atom is 0.175 e. The van der Waals surface area contributed by atoms with E-state index in [0.29, 0.717) is 28.1 Å². The first-order valence-corrected chi connectivity index (χ1v) is 7.74. The molecule has 6 heteroatoms. The Labute approximate surface area is 131 Å². The monoisotopic (exact) mass is 404 g/mol. The molecule has 0 aliphatic rings. The minimum atomic E-state index is 0.450. The van der Waals surface area contributed by atoms with Crippen molar-refractivity contribution in [2.75, 3.05) is 7.11 Å². The molecule has 0 N–H and O–H groups in total. The predicted molar refractivity (Wildman–Crippen MR) is 82.4 cm³/mol. The number of hydrogen-bond donors (Lipinski definition) is 0. The molecule has 0 saturated carbocycles. The topological polar surface area (TPSA) is 35.5 Å². The fourth-order valence-electron chi connectivity index (χ4n) is 1.52. The largest absolute Gasteiger partial charge is 0.493 e. The Bertz CT molecular complexity index is 596. The number of carbonyl (C=O) groups excluding carboxylic acids is 1. The molecule has 0 aliphatic heterocycles. The number of aldehydes is 1. The Morgan fingerprint density at radius 2 is 2.11 bits per heavy atom. The normalized spacial score (nSPS) is 10.3. The van der Waals surface area contributed by atoms with Gasteiger partial charge in [0.25, 0.3) is 0 Å². The first kappa shape index (κ1) is 14.6. The molecule has 2 aromatic rings. The van der Waals surface area contributed by atoms with E-state index < -0.39 is 0 Å². The second-order valence-corrected chi connectivity index (χ2v) is 7.05. The zero-order valence-electron chi connectivity index (χ0n) is 9.98. The highest BCUT2D eigenvalue weighted by molar-refractivity contribution is 9.11. The average molecular weight is 406 g/mol. The van der Waals surface area contributed by atoms with Gasteiger partial charge >= 0.3 is 0 Å². The van der Waals surface area contributed by atoms with Gasteiger partial charge in [-0.05, 0) is 56.1 Å². The Balaban J connectivity index is 2.21. The summed E-state index contributed by atoms with van der Waals surface area (Å²) in [6.07, 6.45) is 0.771. The van der Waals surface area contributed by atoms with Crippen LogP contribution in [0.25, 0.3) is 0 Å². The van der Waals surface area contributed by atoms with Crippen molar-refractivity contribution >= 4 is 49.5 Å². The standard InChI is InChI=1S/C13H10Br2O3S/c1-17-11-5-8(6-16)4-10(14)13(11)18-7-9-2-3-12(15)19-9/h2-6H,7H2,1H3. The number of carbonyl (C=O) groups is 1. The number of methoxy groups -OCH3 is 1. The van der Waals surface area contributed by atoms with Gasteiger partial charge in [0.2, 0.25) is 0 Å². The van der Waals surface area contributed by atoms with Crippen molar-refractivity contribution in [2.24, 2.45) is 0 Å². The Morgan fingerprint density at radius 3 is 2.68 bits per heavy atom. The average Bonchev–Trinajstić information content (AvgIpc) is 2.82. The number of thiophene rings is 1. The van der Waals surface area contributed by atoms with Crippen molar-refractivity contribution in [3.05, 3.63) is 43.0 Å². The maximum absolute atomic E-state index is 10.8. The number of rotatable bonds is 5. The van der Waals surface area contributed by atoms with Crippen molar-refractivity contribution < 1.29 is 14.3 Å². The molecule has 1 aromatic carbocycles. The van der Waals surface area contributed by atoms with Crippen LogP contribution in [0.4, 0.5) is 0 Å². The lowest BCUT2D eigenvalue weighted by molar-refractivity contribution is 0.112. The van der Waals surface area contributed by atoms with Crippen LogP contribution < -0.4 is 9.47 Å². The third kappa shape index (κ3) is 3.58. The fraction of sp³-hybridized carbons (Fsp3) is 0.154. The second kappa shape index (κ2) is 6.54. The third-order valence-electron chi connectivity index (χ3n) is 2.38. The Morgan fingerprint density at radius 1 is 1.32 bits per heavy atom. The van der Waals surface area contributed by atoms with Gasteiger partial charge in [-0.25, -0.2) is 0 Å². The minimum Gasteiger partial charge on any atom is -0.493 e. The molecule has 0 atom stereocenters. The quantitative estimate of drug-likeness (QED) is 0.678. The van der Waals surface area contributed by atoms with Gasteiger partial charge in [0.1, 0.15) is 12.9 Å². The summed E-state index contributed by atoms with van der Waals surface area (Å²) in [6.45, 7) is 0.450. The molecular weight excluding hydrogens is 396 g/mol. The van der Waals surface area contributed by atoms with E-state index in [4.69, 9.17) is 9.47 Å². The first-order valence-electron chi connectivity index (χ1n) is 5.33. The molecule has 3 nitrogen and oxygen atoms in total. The predicted octanol–water partition coefficient (Wildman–Crippen LogP) is 4.67. The highest BCUT2D eigenvalue weighted by Crippen LogP contribution is 2.37. The molecule has 0 radical (unpaired) electrons. The maximum atomic E-state index is 10.8. The van der Waals surface area contributed by atoms with Gasteiger partial charge in [-0.2, -0.15) is 0 Å².